The van der Waals surface area contributed by atoms with E-state index in [1.807, 2.05) is 6.07 Å². The van der Waals surface area contributed by atoms with Gasteiger partial charge in [-0.3, -0.25) is 0 Å². The Morgan fingerprint density at radius 3 is 2.64 bits per heavy atom. The number of halogens is 1. The van der Waals surface area contributed by atoms with Crippen LogP contribution in [0.3, 0.4) is 0 Å². The van der Waals surface area contributed by atoms with Crippen molar-refractivity contribution in [3.63, 3.8) is 0 Å². The third kappa shape index (κ3) is 1.49. The summed E-state index contributed by atoms with van der Waals surface area (Å²) in [6, 6.07) is 5.38. The van der Waals surface area contributed by atoms with Gasteiger partial charge in [0.2, 0.25) is 0 Å². The van der Waals surface area contributed by atoms with Crippen molar-refractivity contribution in [2.45, 2.75) is 24.9 Å². The maximum absolute atomic E-state index is 10.2. The zero-order chi connectivity index (χ0) is 10.2. The average molecular weight is 213 g/mol. The largest absolute Gasteiger partial charge is 0.496 e. The lowest BCUT2D eigenvalue weighted by Crippen LogP contribution is -2.33. The van der Waals surface area contributed by atoms with E-state index in [1.54, 1.807) is 19.2 Å². The van der Waals surface area contributed by atoms with E-state index in [1.165, 1.54) is 0 Å². The second-order valence-corrected chi connectivity index (χ2v) is 4.17. The maximum Gasteiger partial charge on any atom is 0.126 e. The summed E-state index contributed by atoms with van der Waals surface area (Å²) in [4.78, 5) is 0. The molecule has 1 N–H and O–H groups in total. The molecule has 1 aliphatic rings. The molecule has 0 unspecified atom stereocenters. The Balaban J connectivity index is 2.41. The van der Waals surface area contributed by atoms with Crippen LogP contribution in [0.4, 0.5) is 0 Å². The van der Waals surface area contributed by atoms with E-state index in [-0.39, 0.29) is 0 Å². The van der Waals surface area contributed by atoms with Gasteiger partial charge in [0.25, 0.3) is 0 Å². The predicted molar refractivity (Wildman–Crippen MR) is 55.8 cm³/mol. The van der Waals surface area contributed by atoms with Gasteiger partial charge >= 0.3 is 0 Å². The highest BCUT2D eigenvalue weighted by atomic mass is 35.5. The molecule has 0 atom stereocenters. The third-order valence-corrected chi connectivity index (χ3v) is 3.08. The van der Waals surface area contributed by atoms with Crippen molar-refractivity contribution in [2.75, 3.05) is 7.11 Å². The fraction of sp³-hybridized carbons (Fsp3) is 0.455. The van der Waals surface area contributed by atoms with Crippen LogP contribution in [0.5, 0.6) is 5.75 Å². The smallest absolute Gasteiger partial charge is 0.126 e. The highest BCUT2D eigenvalue weighted by Gasteiger charge is 2.38. The van der Waals surface area contributed by atoms with Crippen molar-refractivity contribution in [1.82, 2.24) is 0 Å². The highest BCUT2D eigenvalue weighted by Crippen LogP contribution is 2.45. The fourth-order valence-corrected chi connectivity index (χ4v) is 1.99. The number of rotatable bonds is 2. The Morgan fingerprint density at radius 1 is 1.43 bits per heavy atom. The maximum atomic E-state index is 10.2. The van der Waals surface area contributed by atoms with Crippen LogP contribution in [-0.2, 0) is 5.60 Å². The third-order valence-electron chi connectivity index (χ3n) is 2.85. The molecule has 0 radical (unpaired) electrons. The minimum Gasteiger partial charge on any atom is -0.496 e. The number of benzene rings is 1. The Labute approximate surface area is 88.5 Å². The molecule has 3 heteroatoms. The molecule has 0 spiro atoms. The molecule has 14 heavy (non-hydrogen) atoms. The van der Waals surface area contributed by atoms with Gasteiger partial charge in [-0.25, -0.2) is 0 Å². The molecule has 0 amide bonds. The molecule has 0 saturated heterocycles. The van der Waals surface area contributed by atoms with Gasteiger partial charge in [-0.1, -0.05) is 17.7 Å². The quantitative estimate of drug-likeness (QED) is 0.817. The first-order valence-electron chi connectivity index (χ1n) is 4.72. The van der Waals surface area contributed by atoms with E-state index in [9.17, 15) is 5.11 Å². The molecular formula is C11H13ClO2. The van der Waals surface area contributed by atoms with Gasteiger partial charge in [0.1, 0.15) is 5.75 Å². The van der Waals surface area contributed by atoms with Crippen molar-refractivity contribution < 1.29 is 9.84 Å². The van der Waals surface area contributed by atoms with Crippen LogP contribution in [0.1, 0.15) is 24.8 Å². The summed E-state index contributed by atoms with van der Waals surface area (Å²) in [6.45, 7) is 0. The number of hydrogen-bond donors (Lipinski definition) is 1. The van der Waals surface area contributed by atoms with Crippen LogP contribution in [-0.4, -0.2) is 12.2 Å². The number of methoxy groups -OCH3 is 1. The van der Waals surface area contributed by atoms with Crippen LogP contribution in [0, 0.1) is 0 Å². The molecule has 0 bridgehead atoms. The first-order valence-corrected chi connectivity index (χ1v) is 5.10. The zero-order valence-corrected chi connectivity index (χ0v) is 8.84. The Bertz CT molecular complexity index is 345. The topological polar surface area (TPSA) is 29.5 Å². The van der Waals surface area contributed by atoms with Crippen LogP contribution < -0.4 is 4.74 Å². The van der Waals surface area contributed by atoms with Crippen LogP contribution in [0.15, 0.2) is 18.2 Å². The molecule has 2 nitrogen and oxygen atoms in total. The SMILES string of the molecule is COc1cc(Cl)ccc1C1(O)CCC1. The van der Waals surface area contributed by atoms with Gasteiger partial charge in [0, 0.05) is 10.6 Å². The molecule has 2 rings (SSSR count). The van der Waals surface area contributed by atoms with Gasteiger partial charge in [-0.15, -0.1) is 0 Å². The van der Waals surface area contributed by atoms with Gasteiger partial charge in [-0.2, -0.15) is 0 Å². The fourth-order valence-electron chi connectivity index (χ4n) is 1.83. The lowest BCUT2D eigenvalue weighted by Gasteiger charge is -2.37. The van der Waals surface area contributed by atoms with E-state index in [0.717, 1.165) is 24.8 Å². The second kappa shape index (κ2) is 3.44. The summed E-state index contributed by atoms with van der Waals surface area (Å²) in [6.07, 6.45) is 2.69. The zero-order valence-electron chi connectivity index (χ0n) is 8.09. The molecule has 0 aromatic heterocycles. The molecule has 0 aliphatic heterocycles. The first-order chi connectivity index (χ1) is 6.65. The lowest BCUT2D eigenvalue weighted by atomic mass is 9.75. The number of aliphatic hydroxyl groups is 1. The summed E-state index contributed by atoms with van der Waals surface area (Å²) in [5.41, 5.74) is 0.172. The van der Waals surface area contributed by atoms with Crippen molar-refractivity contribution in [1.29, 1.82) is 0 Å². The summed E-state index contributed by atoms with van der Waals surface area (Å²) < 4.78 is 5.20. The molecule has 1 saturated carbocycles. The molecule has 1 aromatic rings. The van der Waals surface area contributed by atoms with Gasteiger partial charge in [-0.05, 0) is 31.4 Å². The summed E-state index contributed by atoms with van der Waals surface area (Å²) in [7, 11) is 1.59. The molecular weight excluding hydrogens is 200 g/mol. The van der Waals surface area contributed by atoms with Crippen LogP contribution in [0.2, 0.25) is 5.02 Å². The Hall–Kier alpha value is -0.730. The predicted octanol–water partition coefficient (Wildman–Crippen LogP) is 2.72. The minimum absolute atomic E-state index is 0.633. The molecule has 1 aliphatic carbocycles. The van der Waals surface area contributed by atoms with Crippen molar-refractivity contribution in [2.24, 2.45) is 0 Å². The number of ether oxygens (including phenoxy) is 1. The summed E-state index contributed by atoms with van der Waals surface area (Å²) >= 11 is 5.85. The highest BCUT2D eigenvalue weighted by molar-refractivity contribution is 6.30. The van der Waals surface area contributed by atoms with Gasteiger partial charge < -0.3 is 9.84 Å². The molecule has 76 valence electrons. The van der Waals surface area contributed by atoms with E-state index in [4.69, 9.17) is 16.3 Å². The molecule has 0 heterocycles. The summed E-state index contributed by atoms with van der Waals surface area (Å²) in [5, 5.41) is 10.8. The van der Waals surface area contributed by atoms with E-state index < -0.39 is 5.60 Å². The van der Waals surface area contributed by atoms with Crippen molar-refractivity contribution in [3.05, 3.63) is 28.8 Å². The lowest BCUT2D eigenvalue weighted by molar-refractivity contribution is -0.0404. The van der Waals surface area contributed by atoms with Crippen molar-refractivity contribution in [3.8, 4) is 5.75 Å². The van der Waals surface area contributed by atoms with E-state index in [0.29, 0.717) is 10.8 Å². The minimum atomic E-state index is -0.685. The number of hydrogen-bond acceptors (Lipinski definition) is 2. The van der Waals surface area contributed by atoms with E-state index >= 15 is 0 Å². The van der Waals surface area contributed by atoms with Crippen LogP contribution >= 0.6 is 11.6 Å². The second-order valence-electron chi connectivity index (χ2n) is 3.73. The van der Waals surface area contributed by atoms with Crippen LogP contribution in [0.25, 0.3) is 0 Å². The molecule has 1 aromatic carbocycles. The first kappa shape index (κ1) is 9.81. The average Bonchev–Trinajstić information content (AvgIpc) is 2.14. The summed E-state index contributed by atoms with van der Waals surface area (Å²) in [5.74, 6) is 0.680. The Kier molecular flexibility index (Phi) is 2.41. The monoisotopic (exact) mass is 212 g/mol. The van der Waals surface area contributed by atoms with E-state index in [2.05, 4.69) is 0 Å². The molecule has 1 fully saturated rings. The standard InChI is InChI=1S/C11H13ClO2/c1-14-10-7-8(12)3-4-9(10)11(13)5-2-6-11/h3-4,7,13H,2,5-6H2,1H3. The normalized spacial score (nSPS) is 18.8. The van der Waals surface area contributed by atoms with Gasteiger partial charge in [0.05, 0.1) is 12.7 Å². The Morgan fingerprint density at radius 2 is 2.14 bits per heavy atom. The van der Waals surface area contributed by atoms with Crippen molar-refractivity contribution >= 4 is 11.6 Å². The van der Waals surface area contributed by atoms with Gasteiger partial charge in [0.15, 0.2) is 0 Å².